The normalized spacial score (nSPS) is 18.6. The summed E-state index contributed by atoms with van der Waals surface area (Å²) in [6.07, 6.45) is 1.75. The predicted octanol–water partition coefficient (Wildman–Crippen LogP) is 3.54. The molecule has 0 saturated carbocycles. The molecule has 0 aliphatic carbocycles. The van der Waals surface area contributed by atoms with Gasteiger partial charge in [0.2, 0.25) is 0 Å². The first kappa shape index (κ1) is 21.2. The molecule has 2 aliphatic heterocycles. The van der Waals surface area contributed by atoms with E-state index in [1.54, 1.807) is 0 Å². The molecule has 1 aromatic heterocycles. The van der Waals surface area contributed by atoms with E-state index in [-0.39, 0.29) is 31.4 Å². The van der Waals surface area contributed by atoms with Crippen molar-refractivity contribution in [1.29, 1.82) is 0 Å². The topological polar surface area (TPSA) is 47.9 Å². The largest absolute Gasteiger partial charge is 0.396 e. The van der Waals surface area contributed by atoms with Crippen LogP contribution in [0.3, 0.4) is 0 Å². The van der Waals surface area contributed by atoms with E-state index in [1.807, 2.05) is 11.3 Å². The van der Waals surface area contributed by atoms with Gasteiger partial charge in [0.1, 0.15) is 5.84 Å². The van der Waals surface area contributed by atoms with E-state index < -0.39 is 0 Å². The van der Waals surface area contributed by atoms with E-state index in [0.717, 1.165) is 44.0 Å². The lowest BCUT2D eigenvalue weighted by molar-refractivity contribution is 0.223. The Labute approximate surface area is 171 Å². The van der Waals surface area contributed by atoms with Crippen LogP contribution in [0.25, 0.3) is 0 Å². The molecule has 4 nitrogen and oxygen atoms in total. The summed E-state index contributed by atoms with van der Waals surface area (Å²) in [5.41, 5.74) is 3.68. The van der Waals surface area contributed by atoms with Crippen LogP contribution in [0.5, 0.6) is 0 Å². The van der Waals surface area contributed by atoms with Crippen LogP contribution in [-0.4, -0.2) is 48.1 Å². The van der Waals surface area contributed by atoms with Crippen molar-refractivity contribution in [1.82, 2.24) is 10.2 Å². The standard InChI is InChI=1S/C19H23N3OS.2ClH/c1-13-10-16-18(24-13)11-14-4-2-3-5-17(14)21-19(16)22-8-7-20-15(12-22)6-9-23;;/h2-5,10,15,20,23H,6-9,11-12H2,1H3;2*1H/t15-;;/m0../s1. The summed E-state index contributed by atoms with van der Waals surface area (Å²) >= 11 is 1.88. The smallest absolute Gasteiger partial charge is 0.137 e. The Morgan fingerprint density at radius 3 is 2.92 bits per heavy atom. The molecule has 2 aromatic rings. The van der Waals surface area contributed by atoms with Crippen LogP contribution in [0.4, 0.5) is 5.69 Å². The fourth-order valence-corrected chi connectivity index (χ4v) is 4.66. The Balaban J connectivity index is 0.00000121. The molecule has 1 fully saturated rings. The molecule has 0 unspecified atom stereocenters. The molecule has 26 heavy (non-hydrogen) atoms. The van der Waals surface area contributed by atoms with Crippen molar-refractivity contribution in [3.05, 3.63) is 51.2 Å². The van der Waals surface area contributed by atoms with Crippen LogP contribution in [0.1, 0.15) is 27.3 Å². The quantitative estimate of drug-likeness (QED) is 0.791. The number of thiophene rings is 1. The number of nitrogens with zero attached hydrogens (tertiary/aromatic N) is 2. The monoisotopic (exact) mass is 413 g/mol. The first-order chi connectivity index (χ1) is 11.7. The van der Waals surface area contributed by atoms with Crippen LogP contribution in [0.15, 0.2) is 35.3 Å². The molecule has 1 saturated heterocycles. The lowest BCUT2D eigenvalue weighted by Gasteiger charge is -2.35. The molecule has 1 aromatic carbocycles. The number of benzene rings is 1. The number of piperazine rings is 1. The number of halogens is 2. The second-order valence-electron chi connectivity index (χ2n) is 6.54. The van der Waals surface area contributed by atoms with Gasteiger partial charge in [-0.15, -0.1) is 36.2 Å². The molecule has 0 spiro atoms. The van der Waals surface area contributed by atoms with Gasteiger partial charge in [0.25, 0.3) is 0 Å². The van der Waals surface area contributed by atoms with E-state index in [9.17, 15) is 5.11 Å². The summed E-state index contributed by atoms with van der Waals surface area (Å²) in [6.45, 7) is 5.19. The Bertz CT molecular complexity index is 776. The molecular weight excluding hydrogens is 389 g/mol. The van der Waals surface area contributed by atoms with Crippen LogP contribution in [0.2, 0.25) is 0 Å². The third-order valence-electron chi connectivity index (χ3n) is 4.77. The molecular formula is C19H25Cl2N3OS. The van der Waals surface area contributed by atoms with Gasteiger partial charge in [-0.25, -0.2) is 4.99 Å². The molecule has 0 radical (unpaired) electrons. The van der Waals surface area contributed by atoms with Gasteiger partial charge in [-0.3, -0.25) is 0 Å². The van der Waals surface area contributed by atoms with E-state index in [1.165, 1.54) is 20.9 Å². The van der Waals surface area contributed by atoms with Gasteiger partial charge in [0, 0.05) is 54.0 Å². The van der Waals surface area contributed by atoms with E-state index >= 15 is 0 Å². The van der Waals surface area contributed by atoms with E-state index in [4.69, 9.17) is 4.99 Å². The second-order valence-corrected chi connectivity index (χ2v) is 7.89. The summed E-state index contributed by atoms with van der Waals surface area (Å²) < 4.78 is 0. The fourth-order valence-electron chi connectivity index (χ4n) is 3.61. The maximum Gasteiger partial charge on any atom is 0.137 e. The van der Waals surface area contributed by atoms with Gasteiger partial charge < -0.3 is 15.3 Å². The zero-order valence-corrected chi connectivity index (χ0v) is 17.2. The highest BCUT2D eigenvalue weighted by Crippen LogP contribution is 2.34. The van der Waals surface area contributed by atoms with E-state index in [2.05, 4.69) is 47.5 Å². The lowest BCUT2D eigenvalue weighted by atomic mass is 10.1. The summed E-state index contributed by atoms with van der Waals surface area (Å²) in [5.74, 6) is 1.10. The van der Waals surface area contributed by atoms with Crippen molar-refractivity contribution >= 4 is 47.7 Å². The number of hydrogen-bond donors (Lipinski definition) is 2. The number of rotatable bonds is 2. The SMILES string of the molecule is Cc1cc2c(s1)Cc1ccccc1N=C2N1CCN[C@@H](CCO)C1.Cl.Cl. The average molecular weight is 414 g/mol. The summed E-state index contributed by atoms with van der Waals surface area (Å²) in [4.78, 5) is 10.2. The highest BCUT2D eigenvalue weighted by Gasteiger charge is 2.27. The van der Waals surface area contributed by atoms with Crippen LogP contribution < -0.4 is 5.32 Å². The molecule has 7 heteroatoms. The van der Waals surface area contributed by atoms with Crippen molar-refractivity contribution in [2.45, 2.75) is 25.8 Å². The maximum absolute atomic E-state index is 9.26. The first-order valence-corrected chi connectivity index (χ1v) is 9.41. The third kappa shape index (κ3) is 4.24. The number of aliphatic hydroxyl groups excluding tert-OH is 1. The van der Waals surface area contributed by atoms with Crippen LogP contribution in [-0.2, 0) is 6.42 Å². The van der Waals surface area contributed by atoms with Crippen molar-refractivity contribution in [2.24, 2.45) is 4.99 Å². The van der Waals surface area contributed by atoms with Gasteiger partial charge in [-0.2, -0.15) is 0 Å². The van der Waals surface area contributed by atoms with E-state index in [0.29, 0.717) is 6.04 Å². The molecule has 142 valence electrons. The molecule has 1 atom stereocenters. The minimum atomic E-state index is 0. The number of aryl methyl sites for hydroxylation is 1. The number of nitrogens with one attached hydrogen (secondary N) is 1. The van der Waals surface area contributed by atoms with Crippen molar-refractivity contribution in [3.63, 3.8) is 0 Å². The molecule has 0 bridgehead atoms. The number of para-hydroxylation sites is 1. The molecule has 0 amide bonds. The van der Waals surface area contributed by atoms with Gasteiger partial charge in [0.15, 0.2) is 0 Å². The fraction of sp³-hybridized carbons (Fsp3) is 0.421. The predicted molar refractivity (Wildman–Crippen MR) is 114 cm³/mol. The Hall–Kier alpha value is -1.11. The minimum Gasteiger partial charge on any atom is -0.396 e. The van der Waals surface area contributed by atoms with Crippen LogP contribution >= 0.6 is 36.2 Å². The second kappa shape index (κ2) is 9.20. The lowest BCUT2D eigenvalue weighted by Crippen LogP contribution is -2.53. The summed E-state index contributed by atoms with van der Waals surface area (Å²) in [5, 5.41) is 12.8. The number of fused-ring (bicyclic) bond motifs is 2. The van der Waals surface area contributed by atoms with Gasteiger partial charge in [-0.05, 0) is 31.0 Å². The van der Waals surface area contributed by atoms with Crippen molar-refractivity contribution < 1.29 is 5.11 Å². The van der Waals surface area contributed by atoms with Crippen molar-refractivity contribution in [3.8, 4) is 0 Å². The number of hydrogen-bond acceptors (Lipinski definition) is 5. The zero-order chi connectivity index (χ0) is 16.5. The highest BCUT2D eigenvalue weighted by atomic mass is 35.5. The third-order valence-corrected chi connectivity index (χ3v) is 5.83. The maximum atomic E-state index is 9.26. The number of aliphatic imine (C=N–C) groups is 1. The molecule has 2 aliphatic rings. The Morgan fingerprint density at radius 1 is 1.31 bits per heavy atom. The number of amidine groups is 1. The molecule has 3 heterocycles. The van der Waals surface area contributed by atoms with Crippen LogP contribution in [0, 0.1) is 6.92 Å². The van der Waals surface area contributed by atoms with Crippen molar-refractivity contribution in [2.75, 3.05) is 26.2 Å². The summed E-state index contributed by atoms with van der Waals surface area (Å²) in [7, 11) is 0. The Kier molecular flexibility index (Phi) is 7.50. The zero-order valence-electron chi connectivity index (χ0n) is 14.8. The Morgan fingerprint density at radius 2 is 2.12 bits per heavy atom. The van der Waals surface area contributed by atoms with Gasteiger partial charge in [0.05, 0.1) is 5.69 Å². The summed E-state index contributed by atoms with van der Waals surface area (Å²) in [6, 6.07) is 11.1. The molecule has 4 rings (SSSR count). The average Bonchev–Trinajstić information content (AvgIpc) is 2.87. The first-order valence-electron chi connectivity index (χ1n) is 8.60. The number of aliphatic hydroxyl groups is 1. The minimum absolute atomic E-state index is 0. The highest BCUT2D eigenvalue weighted by molar-refractivity contribution is 7.12. The molecule has 2 N–H and O–H groups in total. The van der Waals surface area contributed by atoms with Gasteiger partial charge >= 0.3 is 0 Å². The van der Waals surface area contributed by atoms with Gasteiger partial charge in [-0.1, -0.05) is 18.2 Å².